The Bertz CT molecular complexity index is 837. The first-order chi connectivity index (χ1) is 10.7. The fourth-order valence-electron chi connectivity index (χ4n) is 3.08. The summed E-state index contributed by atoms with van der Waals surface area (Å²) in [5, 5.41) is 8.48. The van der Waals surface area contributed by atoms with Gasteiger partial charge in [-0.1, -0.05) is 6.07 Å². The minimum Gasteiger partial charge on any atom is -0.359 e. The van der Waals surface area contributed by atoms with Crippen LogP contribution in [0.2, 0.25) is 0 Å². The average molecular weight is 294 g/mol. The number of aromatic amines is 1. The lowest BCUT2D eigenvalue weighted by Crippen LogP contribution is -2.23. The molecular weight excluding hydrogens is 276 g/mol. The van der Waals surface area contributed by atoms with E-state index >= 15 is 0 Å². The number of H-pyrrole nitrogens is 1. The number of hydrogen-bond donors (Lipinski definition) is 2. The lowest BCUT2D eigenvalue weighted by atomic mass is 10.1. The first-order valence-electron chi connectivity index (χ1n) is 7.62. The minimum atomic E-state index is -0.104. The van der Waals surface area contributed by atoms with Crippen LogP contribution in [0.1, 0.15) is 33.9 Å². The van der Waals surface area contributed by atoms with Gasteiger partial charge in [0, 0.05) is 30.0 Å². The molecule has 0 spiro atoms. The largest absolute Gasteiger partial charge is 0.359 e. The van der Waals surface area contributed by atoms with Crippen molar-refractivity contribution < 1.29 is 4.79 Å². The van der Waals surface area contributed by atoms with Crippen molar-refractivity contribution in [1.82, 2.24) is 20.1 Å². The molecule has 0 saturated carbocycles. The highest BCUT2D eigenvalue weighted by molar-refractivity contribution is 5.92. The minimum absolute atomic E-state index is 0.104. The van der Waals surface area contributed by atoms with Gasteiger partial charge in [-0.2, -0.15) is 5.10 Å². The third-order valence-electron chi connectivity index (χ3n) is 4.17. The molecule has 3 heterocycles. The smallest absolute Gasteiger partial charge is 0.272 e. The van der Waals surface area contributed by atoms with E-state index in [-0.39, 0.29) is 5.91 Å². The predicted molar refractivity (Wildman–Crippen MR) is 84.8 cm³/mol. The Morgan fingerprint density at radius 3 is 3.14 bits per heavy atom. The number of nitrogens with zero attached hydrogens (tertiary/aromatic N) is 2. The molecule has 3 aromatic rings. The molecule has 1 amide bonds. The summed E-state index contributed by atoms with van der Waals surface area (Å²) < 4.78 is 1.93. The van der Waals surface area contributed by atoms with E-state index in [4.69, 9.17) is 0 Å². The predicted octanol–water partition coefficient (Wildman–Crippen LogP) is 2.55. The van der Waals surface area contributed by atoms with Gasteiger partial charge < -0.3 is 10.3 Å². The number of aryl methyl sites for hydroxylation is 3. The van der Waals surface area contributed by atoms with E-state index in [9.17, 15) is 4.79 Å². The van der Waals surface area contributed by atoms with Crippen molar-refractivity contribution in [2.45, 2.75) is 32.9 Å². The molecule has 0 unspecified atom stereocenters. The van der Waals surface area contributed by atoms with E-state index in [1.54, 1.807) is 0 Å². The van der Waals surface area contributed by atoms with Gasteiger partial charge >= 0.3 is 0 Å². The Labute approximate surface area is 128 Å². The molecule has 0 fully saturated rings. The molecule has 0 aliphatic carbocycles. The summed E-state index contributed by atoms with van der Waals surface area (Å²) in [4.78, 5) is 15.5. The maximum Gasteiger partial charge on any atom is 0.272 e. The maximum atomic E-state index is 12.2. The number of fused-ring (bicyclic) bond motifs is 2. The lowest BCUT2D eigenvalue weighted by molar-refractivity contribution is 0.0945. The van der Waals surface area contributed by atoms with Crippen molar-refractivity contribution in [1.29, 1.82) is 0 Å². The number of carbonyl (C=O) groups excluding carboxylic acids is 1. The second-order valence-electron chi connectivity index (χ2n) is 5.90. The standard InChI is InChI=1S/C17H18N4O/c1-11-7-13-8-12(4-5-15(13)19-11)10-18-17(22)16-9-14-3-2-6-21(14)20-16/h4-5,7-9,19H,2-3,6,10H2,1H3,(H,18,22). The first kappa shape index (κ1) is 13.1. The van der Waals surface area contributed by atoms with E-state index in [1.807, 2.05) is 23.7 Å². The summed E-state index contributed by atoms with van der Waals surface area (Å²) >= 11 is 0. The number of rotatable bonds is 3. The van der Waals surface area contributed by atoms with Crippen molar-refractivity contribution in [2.75, 3.05) is 0 Å². The van der Waals surface area contributed by atoms with Crippen LogP contribution >= 0.6 is 0 Å². The average Bonchev–Trinajstić information content (AvgIpc) is 3.16. The summed E-state index contributed by atoms with van der Waals surface area (Å²) in [7, 11) is 0. The van der Waals surface area contributed by atoms with Crippen molar-refractivity contribution >= 4 is 16.8 Å². The summed E-state index contributed by atoms with van der Waals surface area (Å²) in [6, 6.07) is 10.2. The van der Waals surface area contributed by atoms with Crippen LogP contribution < -0.4 is 5.32 Å². The van der Waals surface area contributed by atoms with E-state index < -0.39 is 0 Å². The Kier molecular flexibility index (Phi) is 2.99. The van der Waals surface area contributed by atoms with Crippen LogP contribution in [0.4, 0.5) is 0 Å². The van der Waals surface area contributed by atoms with Gasteiger partial charge in [0.05, 0.1) is 0 Å². The molecule has 4 rings (SSSR count). The number of nitrogens with one attached hydrogen (secondary N) is 2. The highest BCUT2D eigenvalue weighted by Crippen LogP contribution is 2.17. The zero-order valence-electron chi connectivity index (χ0n) is 12.5. The molecule has 1 aliphatic heterocycles. The van der Waals surface area contributed by atoms with Crippen LogP contribution in [0, 0.1) is 6.92 Å². The van der Waals surface area contributed by atoms with E-state index in [0.717, 1.165) is 41.9 Å². The molecule has 1 aliphatic rings. The van der Waals surface area contributed by atoms with Crippen LogP contribution in [0.3, 0.4) is 0 Å². The molecule has 0 saturated heterocycles. The van der Waals surface area contributed by atoms with Gasteiger partial charge in [-0.15, -0.1) is 0 Å². The third kappa shape index (κ3) is 2.28. The zero-order valence-corrected chi connectivity index (χ0v) is 12.5. The van der Waals surface area contributed by atoms with Gasteiger partial charge in [0.2, 0.25) is 0 Å². The molecule has 0 radical (unpaired) electrons. The molecule has 22 heavy (non-hydrogen) atoms. The van der Waals surface area contributed by atoms with Gasteiger partial charge in [0.25, 0.3) is 5.91 Å². The Morgan fingerprint density at radius 2 is 2.27 bits per heavy atom. The number of benzene rings is 1. The van der Waals surface area contributed by atoms with Gasteiger partial charge in [0.1, 0.15) is 5.69 Å². The lowest BCUT2D eigenvalue weighted by Gasteiger charge is -2.04. The third-order valence-corrected chi connectivity index (χ3v) is 4.17. The van der Waals surface area contributed by atoms with Crippen molar-refractivity contribution in [3.05, 3.63) is 53.0 Å². The number of amides is 1. The van der Waals surface area contributed by atoms with E-state index in [2.05, 4.69) is 33.6 Å². The number of carbonyl (C=O) groups is 1. The van der Waals surface area contributed by atoms with Crippen molar-refractivity contribution in [3.8, 4) is 0 Å². The van der Waals surface area contributed by atoms with Crippen LogP contribution in [0.25, 0.3) is 10.9 Å². The van der Waals surface area contributed by atoms with Gasteiger partial charge in [-0.3, -0.25) is 9.48 Å². The maximum absolute atomic E-state index is 12.2. The Morgan fingerprint density at radius 1 is 1.36 bits per heavy atom. The highest BCUT2D eigenvalue weighted by atomic mass is 16.1. The molecule has 0 bridgehead atoms. The summed E-state index contributed by atoms with van der Waals surface area (Å²) in [5.41, 5.74) is 5.04. The topological polar surface area (TPSA) is 62.7 Å². The second kappa shape index (κ2) is 5.02. The van der Waals surface area contributed by atoms with E-state index in [0.29, 0.717) is 12.2 Å². The highest BCUT2D eigenvalue weighted by Gasteiger charge is 2.17. The number of aromatic nitrogens is 3. The molecule has 5 heteroatoms. The van der Waals surface area contributed by atoms with Gasteiger partial charge in [-0.05, 0) is 55.0 Å². The quantitative estimate of drug-likeness (QED) is 0.780. The van der Waals surface area contributed by atoms with Crippen molar-refractivity contribution in [2.24, 2.45) is 0 Å². The van der Waals surface area contributed by atoms with Crippen LogP contribution in [-0.4, -0.2) is 20.7 Å². The normalized spacial score (nSPS) is 13.5. The van der Waals surface area contributed by atoms with Gasteiger partial charge in [0.15, 0.2) is 0 Å². The van der Waals surface area contributed by atoms with Crippen LogP contribution in [-0.2, 0) is 19.5 Å². The second-order valence-corrected chi connectivity index (χ2v) is 5.90. The SMILES string of the molecule is Cc1cc2cc(CNC(=O)c3cc4n(n3)CCC4)ccc2[nH]1. The summed E-state index contributed by atoms with van der Waals surface area (Å²) in [6.45, 7) is 3.48. The molecule has 112 valence electrons. The summed E-state index contributed by atoms with van der Waals surface area (Å²) in [5.74, 6) is -0.104. The first-order valence-corrected chi connectivity index (χ1v) is 7.62. The Hall–Kier alpha value is -2.56. The Balaban J connectivity index is 1.47. The van der Waals surface area contributed by atoms with Crippen LogP contribution in [0.5, 0.6) is 0 Å². The van der Waals surface area contributed by atoms with Crippen LogP contribution in [0.15, 0.2) is 30.3 Å². The molecule has 0 atom stereocenters. The fourth-order valence-corrected chi connectivity index (χ4v) is 3.08. The molecule has 1 aromatic carbocycles. The molecular formula is C17H18N4O. The fraction of sp³-hybridized carbons (Fsp3) is 0.294. The van der Waals surface area contributed by atoms with Gasteiger partial charge in [-0.25, -0.2) is 0 Å². The molecule has 5 nitrogen and oxygen atoms in total. The molecule has 2 N–H and O–H groups in total. The molecule has 2 aromatic heterocycles. The monoisotopic (exact) mass is 294 g/mol. The van der Waals surface area contributed by atoms with Crippen molar-refractivity contribution in [3.63, 3.8) is 0 Å². The number of hydrogen-bond acceptors (Lipinski definition) is 2. The summed E-state index contributed by atoms with van der Waals surface area (Å²) in [6.07, 6.45) is 2.14. The van der Waals surface area contributed by atoms with E-state index in [1.165, 1.54) is 5.39 Å². The zero-order chi connectivity index (χ0) is 15.1.